The molecule has 0 amide bonds. The number of nitrogens with zero attached hydrogens (tertiary/aromatic N) is 2. The molecule has 0 unspecified atom stereocenters. The van der Waals surface area contributed by atoms with Crippen LogP contribution in [-0.2, 0) is 6.61 Å². The summed E-state index contributed by atoms with van der Waals surface area (Å²) in [4.78, 5) is 18.1. The van der Waals surface area contributed by atoms with Crippen molar-refractivity contribution in [1.29, 1.82) is 0 Å². The second kappa shape index (κ2) is 7.18. The van der Waals surface area contributed by atoms with Crippen LogP contribution in [0.1, 0.15) is 16.7 Å². The lowest BCUT2D eigenvalue weighted by Crippen LogP contribution is -2.22. The fraction of sp³-hybridized carbons (Fsp3) is 0.0833. The highest BCUT2D eigenvalue weighted by atomic mass is 32.1. The highest BCUT2D eigenvalue weighted by Gasteiger charge is 2.10. The number of aryl methyl sites for hydroxylation is 1. The van der Waals surface area contributed by atoms with Crippen molar-refractivity contribution < 1.29 is 4.74 Å². The molecule has 0 aliphatic heterocycles. The van der Waals surface area contributed by atoms with Crippen LogP contribution in [0, 0.1) is 6.92 Å². The average Bonchev–Trinajstić information content (AvgIpc) is 3.24. The molecule has 0 saturated carbocycles. The van der Waals surface area contributed by atoms with E-state index in [0.717, 1.165) is 32.9 Å². The van der Waals surface area contributed by atoms with Crippen molar-refractivity contribution in [1.82, 2.24) is 9.38 Å². The molecule has 29 heavy (non-hydrogen) atoms. The minimum absolute atomic E-state index is 0.0292. The van der Waals surface area contributed by atoms with Crippen molar-refractivity contribution in [2.75, 3.05) is 0 Å². The second-order valence-corrected chi connectivity index (χ2v) is 7.99. The molecule has 5 aromatic rings. The van der Waals surface area contributed by atoms with E-state index in [0.29, 0.717) is 11.1 Å². The number of para-hydroxylation sites is 2. The summed E-state index contributed by atoms with van der Waals surface area (Å²) in [5.41, 5.74) is 4.99. The molecule has 142 valence electrons. The van der Waals surface area contributed by atoms with Crippen LogP contribution in [0.25, 0.3) is 22.1 Å². The summed E-state index contributed by atoms with van der Waals surface area (Å²) in [6.07, 6.45) is 1.90. The number of imidazole rings is 1. The Morgan fingerprint density at radius 1 is 1.03 bits per heavy atom. The summed E-state index contributed by atoms with van der Waals surface area (Å²) < 4.78 is 8.23. The Bertz CT molecular complexity index is 1430. The van der Waals surface area contributed by atoms with Crippen LogP contribution in [0.3, 0.4) is 0 Å². The van der Waals surface area contributed by atoms with Crippen LogP contribution in [0.2, 0.25) is 0 Å². The quantitative estimate of drug-likeness (QED) is 0.452. The van der Waals surface area contributed by atoms with Gasteiger partial charge in [-0.25, -0.2) is 9.38 Å². The molecular weight excluding hydrogens is 380 g/mol. The Kier molecular flexibility index (Phi) is 4.37. The first kappa shape index (κ1) is 17.6. The lowest BCUT2D eigenvalue weighted by Gasteiger charge is -2.07. The number of benzene rings is 3. The first-order valence-corrected chi connectivity index (χ1v) is 10.2. The van der Waals surface area contributed by atoms with E-state index in [9.17, 15) is 4.79 Å². The Labute approximate surface area is 171 Å². The van der Waals surface area contributed by atoms with Gasteiger partial charge in [0.05, 0.1) is 15.6 Å². The van der Waals surface area contributed by atoms with E-state index in [1.807, 2.05) is 60.7 Å². The van der Waals surface area contributed by atoms with E-state index < -0.39 is 0 Å². The topological polar surface area (TPSA) is 43.6 Å². The van der Waals surface area contributed by atoms with Gasteiger partial charge >= 0.3 is 0 Å². The minimum Gasteiger partial charge on any atom is -0.489 e. The maximum Gasteiger partial charge on any atom is 0.274 e. The number of hydrogen-bond donors (Lipinski definition) is 0. The molecule has 0 aliphatic rings. The van der Waals surface area contributed by atoms with E-state index in [1.54, 1.807) is 4.40 Å². The zero-order chi connectivity index (χ0) is 19.8. The molecule has 5 heteroatoms. The average molecular weight is 398 g/mol. The molecule has 0 N–H and O–H groups in total. The van der Waals surface area contributed by atoms with Gasteiger partial charge in [0.1, 0.15) is 12.4 Å². The van der Waals surface area contributed by atoms with Crippen molar-refractivity contribution >= 4 is 33.4 Å². The van der Waals surface area contributed by atoms with Crippen LogP contribution >= 0.6 is 11.3 Å². The first-order valence-electron chi connectivity index (χ1n) is 9.37. The zero-order valence-electron chi connectivity index (χ0n) is 15.8. The summed E-state index contributed by atoms with van der Waals surface area (Å²) in [5.74, 6) is 0.804. The smallest absolute Gasteiger partial charge is 0.274 e. The fourth-order valence-corrected chi connectivity index (χ4v) is 4.38. The van der Waals surface area contributed by atoms with Gasteiger partial charge in [0.25, 0.3) is 5.56 Å². The molecule has 3 aromatic carbocycles. The molecule has 0 bridgehead atoms. The third-order valence-corrected chi connectivity index (χ3v) is 5.78. The van der Waals surface area contributed by atoms with Crippen LogP contribution in [-0.4, -0.2) is 9.38 Å². The monoisotopic (exact) mass is 398 g/mol. The Hall–Kier alpha value is -3.44. The number of hydrogen-bond acceptors (Lipinski definition) is 4. The molecule has 5 rings (SSSR count). The van der Waals surface area contributed by atoms with Gasteiger partial charge in [0.2, 0.25) is 0 Å². The van der Waals surface area contributed by atoms with Gasteiger partial charge in [-0.2, -0.15) is 0 Å². The third kappa shape index (κ3) is 3.41. The predicted octanol–water partition coefficient (Wildman–Crippen LogP) is 4.34. The summed E-state index contributed by atoms with van der Waals surface area (Å²) in [6, 6.07) is 23.8. The summed E-state index contributed by atoms with van der Waals surface area (Å²) in [5, 5.41) is 0. The van der Waals surface area contributed by atoms with Crippen molar-refractivity contribution in [2.24, 2.45) is 0 Å². The zero-order valence-corrected chi connectivity index (χ0v) is 16.6. The summed E-state index contributed by atoms with van der Waals surface area (Å²) in [6.45, 7) is 2.60. The van der Waals surface area contributed by atoms with Crippen LogP contribution in [0.15, 0.2) is 77.6 Å². The molecule has 2 aromatic heterocycles. The molecule has 0 aliphatic carbocycles. The van der Waals surface area contributed by atoms with E-state index in [-0.39, 0.29) is 5.56 Å². The van der Waals surface area contributed by atoms with Crippen molar-refractivity contribution in [3.8, 4) is 5.75 Å². The molecule has 0 radical (unpaired) electrons. The standard InChI is InChI=1S/C24H18N2O2S/c1-16-5-4-6-18(13-16)15-28-19-11-9-17(10-12-19)14-22-23(27)26-21-8-3-2-7-20(21)25-24(26)29-22/h2-14H,15H2,1H3/b22-14+. The van der Waals surface area contributed by atoms with Crippen LogP contribution in [0.5, 0.6) is 5.75 Å². The van der Waals surface area contributed by atoms with E-state index in [4.69, 9.17) is 4.74 Å². The van der Waals surface area contributed by atoms with Crippen LogP contribution in [0.4, 0.5) is 0 Å². The molecule has 0 atom stereocenters. The van der Waals surface area contributed by atoms with Crippen molar-refractivity contribution in [2.45, 2.75) is 13.5 Å². The number of fused-ring (bicyclic) bond motifs is 3. The maximum atomic E-state index is 12.8. The molecular formula is C24H18N2O2S. The Balaban J connectivity index is 1.41. The van der Waals surface area contributed by atoms with Gasteiger partial charge in [-0.15, -0.1) is 0 Å². The summed E-state index contributed by atoms with van der Waals surface area (Å²) >= 11 is 1.41. The maximum absolute atomic E-state index is 12.8. The predicted molar refractivity (Wildman–Crippen MR) is 118 cm³/mol. The molecule has 0 saturated heterocycles. The van der Waals surface area contributed by atoms with Gasteiger partial charge < -0.3 is 4.74 Å². The largest absolute Gasteiger partial charge is 0.489 e. The van der Waals surface area contributed by atoms with Crippen LogP contribution < -0.4 is 14.8 Å². The minimum atomic E-state index is -0.0292. The first-order chi connectivity index (χ1) is 14.2. The van der Waals surface area contributed by atoms with Gasteiger partial charge in [-0.3, -0.25) is 4.79 Å². The SMILES string of the molecule is Cc1cccc(COc2ccc(/C=c3/sc4nc5ccccc5n4c3=O)cc2)c1. The highest BCUT2D eigenvalue weighted by Crippen LogP contribution is 2.17. The van der Waals surface area contributed by atoms with Gasteiger partial charge in [0.15, 0.2) is 4.96 Å². The van der Waals surface area contributed by atoms with E-state index >= 15 is 0 Å². The van der Waals surface area contributed by atoms with Gasteiger partial charge in [0, 0.05) is 0 Å². The number of aromatic nitrogens is 2. The van der Waals surface area contributed by atoms with Gasteiger partial charge in [-0.05, 0) is 48.4 Å². The normalized spacial score (nSPS) is 12.1. The third-order valence-electron chi connectivity index (χ3n) is 4.81. The number of rotatable bonds is 4. The number of thiazole rings is 1. The fourth-order valence-electron chi connectivity index (χ4n) is 3.39. The van der Waals surface area contributed by atoms with Gasteiger partial charge in [-0.1, -0.05) is 65.4 Å². The second-order valence-electron chi connectivity index (χ2n) is 6.98. The Morgan fingerprint density at radius 2 is 1.86 bits per heavy atom. The lowest BCUT2D eigenvalue weighted by molar-refractivity contribution is 0.306. The highest BCUT2D eigenvalue weighted by molar-refractivity contribution is 7.15. The van der Waals surface area contributed by atoms with E-state index in [1.165, 1.54) is 16.9 Å². The van der Waals surface area contributed by atoms with E-state index in [2.05, 4.69) is 30.1 Å². The molecule has 0 fully saturated rings. The molecule has 2 heterocycles. The number of ether oxygens (including phenoxy) is 1. The summed E-state index contributed by atoms with van der Waals surface area (Å²) in [7, 11) is 0. The van der Waals surface area contributed by atoms with Crippen molar-refractivity contribution in [3.05, 3.63) is 104 Å². The molecule has 4 nitrogen and oxygen atoms in total. The van der Waals surface area contributed by atoms with Crippen molar-refractivity contribution in [3.63, 3.8) is 0 Å². The lowest BCUT2D eigenvalue weighted by atomic mass is 10.1. The Morgan fingerprint density at radius 3 is 2.69 bits per heavy atom. The molecule has 0 spiro atoms.